The first-order valence-corrected chi connectivity index (χ1v) is 23.7. The molecule has 65 heavy (non-hydrogen) atoms. The Morgan fingerprint density at radius 3 is 2.15 bits per heavy atom. The van der Waals surface area contributed by atoms with Gasteiger partial charge >= 0.3 is 5.97 Å². The van der Waals surface area contributed by atoms with Gasteiger partial charge in [0.05, 0.1) is 47.6 Å². The fraction of sp³-hybridized carbons (Fsp3) is 0.816. The molecule has 3 heterocycles. The van der Waals surface area contributed by atoms with E-state index in [1.54, 1.807) is 48.5 Å². The number of likely N-dealkylation sites (N-methyl/N-ethyl adjacent to an activating group) is 1. The molecule has 3 fully saturated rings. The molecule has 372 valence electrons. The number of rotatable bonds is 15. The minimum Gasteiger partial charge on any atom is -0.459 e. The number of cyclic esters (lactones) is 1. The molecule has 0 bridgehead atoms. The Bertz CT molecular complexity index is 1670. The number of amides is 1. The number of carbonyl (C=O) groups is 3. The maximum atomic E-state index is 14.4. The summed E-state index contributed by atoms with van der Waals surface area (Å²) < 4.78 is 44.5. The summed E-state index contributed by atoms with van der Waals surface area (Å²) in [7, 11) is 4.92. The zero-order valence-corrected chi connectivity index (χ0v) is 41.2. The van der Waals surface area contributed by atoms with E-state index in [1.165, 1.54) is 21.1 Å². The van der Waals surface area contributed by atoms with E-state index < -0.39 is 108 Å². The van der Waals surface area contributed by atoms with Crippen LogP contribution in [-0.4, -0.2) is 162 Å². The highest BCUT2D eigenvalue weighted by atomic mass is 16.7. The molecule has 3 saturated heterocycles. The second-order valence-electron chi connectivity index (χ2n) is 19.8. The summed E-state index contributed by atoms with van der Waals surface area (Å²) in [6, 6.07) is 9.46. The minimum atomic E-state index is -2.00. The summed E-state index contributed by atoms with van der Waals surface area (Å²) in [5.74, 6) is -4.72. The van der Waals surface area contributed by atoms with Crippen molar-refractivity contribution in [2.45, 2.75) is 198 Å². The predicted molar refractivity (Wildman–Crippen MR) is 242 cm³/mol. The maximum Gasteiger partial charge on any atom is 0.311 e. The van der Waals surface area contributed by atoms with Crippen molar-refractivity contribution in [3.05, 3.63) is 35.9 Å². The van der Waals surface area contributed by atoms with Crippen LogP contribution in [0.4, 0.5) is 0 Å². The first-order valence-electron chi connectivity index (χ1n) is 23.7. The van der Waals surface area contributed by atoms with E-state index >= 15 is 0 Å². The van der Waals surface area contributed by atoms with Crippen molar-refractivity contribution in [2.75, 3.05) is 34.4 Å². The van der Waals surface area contributed by atoms with Crippen LogP contribution in [0, 0.1) is 23.7 Å². The number of methoxy groups -OCH3 is 2. The monoisotopic (exact) mass is 923 g/mol. The van der Waals surface area contributed by atoms with E-state index in [1.807, 2.05) is 56.1 Å². The van der Waals surface area contributed by atoms with Crippen LogP contribution in [-0.2, 0) is 54.0 Å². The Labute approximate surface area is 387 Å². The van der Waals surface area contributed by atoms with Crippen molar-refractivity contribution in [1.29, 1.82) is 0 Å². The molecule has 3 aliphatic heterocycles. The maximum absolute atomic E-state index is 14.4. The smallest absolute Gasteiger partial charge is 0.311 e. The zero-order chi connectivity index (χ0) is 48.6. The number of ether oxygens (including phenoxy) is 7. The second-order valence-corrected chi connectivity index (χ2v) is 19.8. The van der Waals surface area contributed by atoms with Crippen molar-refractivity contribution in [2.24, 2.45) is 23.7 Å². The number of nitrogens with one attached hydrogen (secondary N) is 1. The molecule has 1 amide bonds. The number of Topliss-reactive ketones (excluding diaryl/α,β-unsaturated/α-hetero) is 1. The molecule has 16 nitrogen and oxygen atoms in total. The molecular weight excluding hydrogens is 841 g/mol. The number of aryl methyl sites for hydroxylation is 1. The number of benzene rings is 1. The molecule has 4 rings (SSSR count). The average Bonchev–Trinajstić information content (AvgIpc) is 3.28. The zero-order valence-electron chi connectivity index (χ0n) is 41.2. The molecule has 1 aromatic rings. The summed E-state index contributed by atoms with van der Waals surface area (Å²) in [5.41, 5.74) is -3.27. The average molecular weight is 923 g/mol. The Hall–Kier alpha value is -2.61. The fourth-order valence-electron chi connectivity index (χ4n) is 10.2. The normalized spacial score (nSPS) is 41.4. The summed E-state index contributed by atoms with van der Waals surface area (Å²) in [6.07, 6.45) is -7.77. The van der Waals surface area contributed by atoms with Crippen molar-refractivity contribution in [3.8, 4) is 0 Å². The van der Waals surface area contributed by atoms with Gasteiger partial charge in [-0.3, -0.25) is 14.4 Å². The van der Waals surface area contributed by atoms with Gasteiger partial charge in [-0.2, -0.15) is 0 Å². The van der Waals surface area contributed by atoms with Gasteiger partial charge in [-0.05, 0) is 92.8 Å². The van der Waals surface area contributed by atoms with Gasteiger partial charge in [-0.1, -0.05) is 58.0 Å². The lowest BCUT2D eigenvalue weighted by molar-refractivity contribution is -0.319. The topological polar surface area (TPSA) is 212 Å². The number of carbonyl (C=O) groups excluding carboxylic acids is 3. The molecule has 18 atom stereocenters. The molecule has 0 unspecified atom stereocenters. The lowest BCUT2D eigenvalue weighted by atomic mass is 9.74. The van der Waals surface area contributed by atoms with Crippen LogP contribution in [0.2, 0.25) is 0 Å². The van der Waals surface area contributed by atoms with E-state index in [0.717, 1.165) is 5.56 Å². The number of esters is 1. The third kappa shape index (κ3) is 13.3. The first-order chi connectivity index (χ1) is 30.4. The molecule has 0 spiro atoms. The number of hydrogen-bond acceptors (Lipinski definition) is 15. The Morgan fingerprint density at radius 2 is 1.54 bits per heavy atom. The highest BCUT2D eigenvalue weighted by Gasteiger charge is 2.54. The Morgan fingerprint density at radius 1 is 0.892 bits per heavy atom. The van der Waals surface area contributed by atoms with Crippen molar-refractivity contribution < 1.29 is 68.0 Å². The molecule has 0 radical (unpaired) electrons. The van der Waals surface area contributed by atoms with E-state index in [0.29, 0.717) is 38.8 Å². The summed E-state index contributed by atoms with van der Waals surface area (Å²) in [4.78, 5) is 43.2. The van der Waals surface area contributed by atoms with Crippen molar-refractivity contribution in [1.82, 2.24) is 10.2 Å². The van der Waals surface area contributed by atoms with Gasteiger partial charge in [0.25, 0.3) is 0 Å². The molecule has 5 N–H and O–H groups in total. The SMILES string of the molecule is CC[C@H]1OC(=O)[C@H](C)[C@@H](O[C@H]2C[C@@](C)(OC)[C@@H](O)[C@H](C)O2)[C@H](C)[C@@H](O[C@H]2O[C@H](C)C[C@H](N(C)CCCNC(=O)CCc3ccccc3)[C@H]2O)[C@](C)(OC)C[C@@H](C)C(=O)[C@H](C)[C@@H](O)[C@]1(C)O. The highest BCUT2D eigenvalue weighted by molar-refractivity contribution is 5.83. The lowest BCUT2D eigenvalue weighted by Crippen LogP contribution is -2.61. The standard InChI is InChI=1S/C49H82N2O14/c1-14-36-49(10,58)42(55)30(4)39(53)28(2)26-48(9,60-13)44(31(5)41(32(6)45(57)63-36)64-38-27-47(8,59-12)43(56)33(7)62-38)65-46-40(54)35(25-29(3)61-46)51(11)24-18-23-50-37(52)22-21-34-19-16-15-17-20-34/h15-17,19-20,28-33,35-36,38,40-44,46,54-56,58H,14,18,21-27H2,1-13H3,(H,50,52)/t28-,29-,30+,31+,32-,33+,35+,36-,38+,40-,41+,42-,43+,44-,46-,47-,48-,49-/m1/s1. The van der Waals surface area contributed by atoms with Crippen molar-refractivity contribution in [3.63, 3.8) is 0 Å². The van der Waals surface area contributed by atoms with Crippen LogP contribution in [0.25, 0.3) is 0 Å². The van der Waals surface area contributed by atoms with Gasteiger partial charge in [0.1, 0.15) is 29.7 Å². The predicted octanol–water partition coefficient (Wildman–Crippen LogP) is 3.95. The third-order valence-corrected chi connectivity index (χ3v) is 14.7. The molecule has 0 saturated carbocycles. The first kappa shape index (κ1) is 55.0. The highest BCUT2D eigenvalue weighted by Crippen LogP contribution is 2.42. The van der Waals surface area contributed by atoms with E-state index in [2.05, 4.69) is 5.32 Å². The van der Waals surface area contributed by atoms with E-state index in [9.17, 15) is 34.8 Å². The lowest BCUT2D eigenvalue weighted by Gasteiger charge is -2.50. The van der Waals surface area contributed by atoms with E-state index in [-0.39, 0.29) is 37.1 Å². The summed E-state index contributed by atoms with van der Waals surface area (Å²) >= 11 is 0. The van der Waals surface area contributed by atoms with Crippen LogP contribution >= 0.6 is 0 Å². The number of hydrogen-bond donors (Lipinski definition) is 5. The molecule has 1 aromatic carbocycles. The number of aliphatic hydroxyl groups excluding tert-OH is 3. The van der Waals surface area contributed by atoms with Crippen molar-refractivity contribution >= 4 is 17.7 Å². The van der Waals surface area contributed by atoms with Crippen LogP contribution < -0.4 is 5.32 Å². The minimum absolute atomic E-state index is 0.0262. The van der Waals surface area contributed by atoms with Gasteiger partial charge in [-0.15, -0.1) is 0 Å². The molecule has 3 aliphatic rings. The van der Waals surface area contributed by atoms with Gasteiger partial charge < -0.3 is 63.8 Å². The number of aliphatic hydroxyl groups is 4. The number of nitrogens with zero attached hydrogens (tertiary/aromatic N) is 1. The second kappa shape index (κ2) is 23.6. The van der Waals surface area contributed by atoms with E-state index in [4.69, 9.17) is 33.2 Å². The Kier molecular flexibility index (Phi) is 20.0. The van der Waals surface area contributed by atoms with Crippen LogP contribution in [0.15, 0.2) is 30.3 Å². The van der Waals surface area contributed by atoms with Gasteiger partial charge in [0, 0.05) is 57.4 Å². The number of ketones is 1. The van der Waals surface area contributed by atoms with Crippen LogP contribution in [0.3, 0.4) is 0 Å². The molecule has 0 aliphatic carbocycles. The van der Waals surface area contributed by atoms with Gasteiger partial charge in [-0.25, -0.2) is 0 Å². The van der Waals surface area contributed by atoms with Gasteiger partial charge in [0.2, 0.25) is 5.91 Å². The molecule has 0 aromatic heterocycles. The quantitative estimate of drug-likeness (QED) is 0.125. The van der Waals surface area contributed by atoms with Crippen LogP contribution in [0.1, 0.15) is 113 Å². The van der Waals surface area contributed by atoms with Gasteiger partial charge in [0.15, 0.2) is 12.6 Å². The summed E-state index contributed by atoms with van der Waals surface area (Å²) in [5, 5.41) is 49.5. The summed E-state index contributed by atoms with van der Waals surface area (Å²) in [6.45, 7) is 18.0. The van der Waals surface area contributed by atoms with Crippen LogP contribution in [0.5, 0.6) is 0 Å². The largest absolute Gasteiger partial charge is 0.459 e. The fourth-order valence-corrected chi connectivity index (χ4v) is 10.2. The molecule has 16 heteroatoms. The third-order valence-electron chi connectivity index (χ3n) is 14.7. The Balaban J connectivity index is 1.67. The molecular formula is C49H82N2O14.